The smallest absolute Gasteiger partial charge is 0.228 e. The van der Waals surface area contributed by atoms with Crippen LogP contribution in [0.2, 0.25) is 0 Å². The number of hydrogen-bond donors (Lipinski definition) is 2. The zero-order valence-corrected chi connectivity index (χ0v) is 15.9. The summed E-state index contributed by atoms with van der Waals surface area (Å²) < 4.78 is 1.72. The van der Waals surface area contributed by atoms with Crippen molar-refractivity contribution < 1.29 is 14.7 Å². The average molecular weight is 394 g/mol. The summed E-state index contributed by atoms with van der Waals surface area (Å²) in [6, 6.07) is 7.48. The van der Waals surface area contributed by atoms with Crippen LogP contribution in [0, 0.1) is 5.92 Å². The van der Waals surface area contributed by atoms with Gasteiger partial charge in [-0.2, -0.15) is 0 Å². The van der Waals surface area contributed by atoms with Crippen molar-refractivity contribution in [2.45, 2.75) is 19.4 Å². The van der Waals surface area contributed by atoms with Crippen molar-refractivity contribution in [3.63, 3.8) is 0 Å². The van der Waals surface area contributed by atoms with Gasteiger partial charge in [0.05, 0.1) is 12.9 Å². The zero-order valence-electron chi connectivity index (χ0n) is 15.9. The average Bonchev–Trinajstić information content (AvgIpc) is 3.18. The number of carbonyl (C=O) groups is 2. The summed E-state index contributed by atoms with van der Waals surface area (Å²) in [5.41, 5.74) is 2.81. The van der Waals surface area contributed by atoms with Gasteiger partial charge in [0.2, 0.25) is 5.91 Å². The van der Waals surface area contributed by atoms with Crippen molar-refractivity contribution in [3.8, 4) is 0 Å². The second-order valence-corrected chi connectivity index (χ2v) is 7.02. The lowest BCUT2D eigenvalue weighted by Crippen LogP contribution is -2.38. The van der Waals surface area contributed by atoms with E-state index in [1.165, 1.54) is 6.33 Å². The van der Waals surface area contributed by atoms with Gasteiger partial charge in [0.15, 0.2) is 17.0 Å². The monoisotopic (exact) mass is 394 g/mol. The number of imidazole rings is 1. The maximum atomic E-state index is 12.8. The lowest BCUT2D eigenvalue weighted by Gasteiger charge is -2.33. The molecule has 9 nitrogen and oxygen atoms in total. The minimum absolute atomic E-state index is 0.0202. The number of anilines is 2. The van der Waals surface area contributed by atoms with Crippen molar-refractivity contribution in [1.82, 2.24) is 19.5 Å². The first-order valence-electron chi connectivity index (χ1n) is 9.57. The molecule has 1 amide bonds. The first-order chi connectivity index (χ1) is 14.2. The van der Waals surface area contributed by atoms with Gasteiger partial charge < -0.3 is 19.9 Å². The third-order valence-electron chi connectivity index (χ3n) is 5.24. The minimum atomic E-state index is -0.106. The summed E-state index contributed by atoms with van der Waals surface area (Å²) in [7, 11) is 0. The van der Waals surface area contributed by atoms with Crippen LogP contribution in [0.15, 0.2) is 36.9 Å². The number of rotatable bonds is 6. The van der Waals surface area contributed by atoms with Gasteiger partial charge >= 0.3 is 0 Å². The summed E-state index contributed by atoms with van der Waals surface area (Å²) in [6.07, 6.45) is 5.26. The van der Waals surface area contributed by atoms with Gasteiger partial charge in [-0.15, -0.1) is 0 Å². The largest absolute Gasteiger partial charge is 0.395 e. The van der Waals surface area contributed by atoms with Gasteiger partial charge in [-0.25, -0.2) is 15.0 Å². The molecule has 2 aromatic heterocycles. The number of piperidine rings is 1. The molecule has 1 aliphatic heterocycles. The number of fused-ring (bicyclic) bond motifs is 1. The van der Waals surface area contributed by atoms with Crippen LogP contribution in [-0.4, -0.2) is 56.5 Å². The highest BCUT2D eigenvalue weighted by atomic mass is 16.3. The predicted molar refractivity (Wildman–Crippen MR) is 108 cm³/mol. The molecule has 0 saturated carbocycles. The highest BCUT2D eigenvalue weighted by molar-refractivity contribution is 5.98. The van der Waals surface area contributed by atoms with Gasteiger partial charge in [0.25, 0.3) is 0 Å². The molecule has 0 radical (unpaired) electrons. The van der Waals surface area contributed by atoms with E-state index >= 15 is 0 Å². The number of hydrogen-bond acceptors (Lipinski definition) is 7. The Kier molecular flexibility index (Phi) is 5.48. The molecular weight excluding hydrogens is 372 g/mol. The van der Waals surface area contributed by atoms with Crippen LogP contribution < -0.4 is 10.2 Å². The van der Waals surface area contributed by atoms with Gasteiger partial charge in [-0.3, -0.25) is 9.59 Å². The number of aromatic nitrogens is 4. The minimum Gasteiger partial charge on any atom is -0.395 e. The molecule has 1 saturated heterocycles. The molecule has 2 N–H and O–H groups in total. The Labute approximate surface area is 167 Å². The van der Waals surface area contributed by atoms with E-state index in [-0.39, 0.29) is 18.4 Å². The second-order valence-electron chi connectivity index (χ2n) is 7.02. The topological polar surface area (TPSA) is 113 Å². The molecule has 3 heterocycles. The standard InChI is InChI=1S/C20H22N6O3/c27-10-9-26-13-23-17-18(21-12-22-19(17)26)24-20(29)15-5-7-25(8-6-15)16-3-1-14(11-28)2-4-16/h1-4,11-13,15,27H,5-10H2,(H,21,22,24,29). The van der Waals surface area contributed by atoms with Crippen molar-refractivity contribution in [1.29, 1.82) is 0 Å². The Hall–Kier alpha value is -3.33. The fraction of sp³-hybridized carbons (Fsp3) is 0.350. The van der Waals surface area contributed by atoms with E-state index in [4.69, 9.17) is 5.11 Å². The molecule has 4 rings (SSSR count). The Bertz CT molecular complexity index is 1010. The van der Waals surface area contributed by atoms with Crippen LogP contribution in [0.1, 0.15) is 23.2 Å². The lowest BCUT2D eigenvalue weighted by atomic mass is 9.95. The molecule has 9 heteroatoms. The van der Waals surface area contributed by atoms with Crippen molar-refractivity contribution in [3.05, 3.63) is 42.5 Å². The van der Waals surface area contributed by atoms with E-state index in [0.717, 1.165) is 37.9 Å². The number of aldehydes is 1. The number of aliphatic hydroxyl groups is 1. The number of carbonyl (C=O) groups excluding carboxylic acids is 2. The quantitative estimate of drug-likeness (QED) is 0.609. The predicted octanol–water partition coefficient (Wildman–Crippen LogP) is 1.49. The summed E-state index contributed by atoms with van der Waals surface area (Å²) in [5, 5.41) is 12.0. The molecule has 3 aromatic rings. The van der Waals surface area contributed by atoms with E-state index in [0.29, 0.717) is 29.1 Å². The van der Waals surface area contributed by atoms with E-state index in [9.17, 15) is 9.59 Å². The Morgan fingerprint density at radius 1 is 1.17 bits per heavy atom. The maximum absolute atomic E-state index is 12.8. The molecule has 1 aromatic carbocycles. The summed E-state index contributed by atoms with van der Waals surface area (Å²) in [6.45, 7) is 1.90. The SMILES string of the molecule is O=Cc1ccc(N2CCC(C(=O)Nc3ncnc4c3ncn4CCO)CC2)cc1. The van der Waals surface area contributed by atoms with E-state index < -0.39 is 0 Å². The molecule has 0 bridgehead atoms. The number of aliphatic hydroxyl groups excluding tert-OH is 1. The van der Waals surface area contributed by atoms with Crippen LogP contribution in [0.5, 0.6) is 0 Å². The first-order valence-corrected chi connectivity index (χ1v) is 9.57. The highest BCUT2D eigenvalue weighted by Gasteiger charge is 2.26. The first kappa shape index (κ1) is 19.0. The van der Waals surface area contributed by atoms with Crippen LogP contribution >= 0.6 is 0 Å². The summed E-state index contributed by atoms with van der Waals surface area (Å²) >= 11 is 0. The van der Waals surface area contributed by atoms with Crippen LogP contribution in [-0.2, 0) is 11.3 Å². The van der Waals surface area contributed by atoms with Gasteiger partial charge in [-0.1, -0.05) is 0 Å². The van der Waals surface area contributed by atoms with Crippen molar-refractivity contribution in [2.75, 3.05) is 29.9 Å². The van der Waals surface area contributed by atoms with Crippen LogP contribution in [0.25, 0.3) is 11.2 Å². The molecule has 0 aliphatic carbocycles. The third-order valence-corrected chi connectivity index (χ3v) is 5.24. The van der Waals surface area contributed by atoms with E-state index in [1.807, 2.05) is 12.1 Å². The Morgan fingerprint density at radius 3 is 2.62 bits per heavy atom. The maximum Gasteiger partial charge on any atom is 0.228 e. The van der Waals surface area contributed by atoms with Gasteiger partial charge in [0, 0.05) is 36.8 Å². The lowest BCUT2D eigenvalue weighted by molar-refractivity contribution is -0.120. The van der Waals surface area contributed by atoms with E-state index in [1.54, 1.807) is 23.0 Å². The summed E-state index contributed by atoms with van der Waals surface area (Å²) in [4.78, 5) is 38.4. The molecular formula is C20H22N6O3. The van der Waals surface area contributed by atoms with Gasteiger partial charge in [-0.05, 0) is 37.1 Å². The molecule has 29 heavy (non-hydrogen) atoms. The summed E-state index contributed by atoms with van der Waals surface area (Å²) in [5.74, 6) is 0.214. The normalized spacial score (nSPS) is 14.9. The van der Waals surface area contributed by atoms with Gasteiger partial charge in [0.1, 0.15) is 12.6 Å². The van der Waals surface area contributed by atoms with Crippen molar-refractivity contribution in [2.24, 2.45) is 5.92 Å². The number of nitrogens with one attached hydrogen (secondary N) is 1. The third kappa shape index (κ3) is 3.95. The molecule has 1 aliphatic rings. The Morgan fingerprint density at radius 2 is 1.93 bits per heavy atom. The molecule has 150 valence electrons. The molecule has 0 atom stereocenters. The fourth-order valence-electron chi connectivity index (χ4n) is 3.63. The second kappa shape index (κ2) is 8.36. The number of nitrogens with zero attached hydrogens (tertiary/aromatic N) is 5. The molecule has 1 fully saturated rings. The zero-order chi connectivity index (χ0) is 20.2. The number of benzene rings is 1. The highest BCUT2D eigenvalue weighted by Crippen LogP contribution is 2.25. The van der Waals surface area contributed by atoms with Crippen LogP contribution in [0.4, 0.5) is 11.5 Å². The molecule has 0 spiro atoms. The van der Waals surface area contributed by atoms with E-state index in [2.05, 4.69) is 25.2 Å². The fourth-order valence-corrected chi connectivity index (χ4v) is 3.63. The van der Waals surface area contributed by atoms with Crippen molar-refractivity contribution >= 4 is 34.9 Å². The Balaban J connectivity index is 1.40. The number of amides is 1. The van der Waals surface area contributed by atoms with Crippen LogP contribution in [0.3, 0.4) is 0 Å². The molecule has 0 unspecified atom stereocenters.